The Kier molecular flexibility index (Phi) is 5.60. The summed E-state index contributed by atoms with van der Waals surface area (Å²) in [5, 5.41) is 0. The lowest BCUT2D eigenvalue weighted by Crippen LogP contribution is -2.20. The molecule has 0 unspecified atom stereocenters. The van der Waals surface area contributed by atoms with Gasteiger partial charge in [-0.3, -0.25) is 0 Å². The lowest BCUT2D eigenvalue weighted by Gasteiger charge is -2.30. The third-order valence-electron chi connectivity index (χ3n) is 4.44. The highest BCUT2D eigenvalue weighted by Gasteiger charge is 2.27. The van der Waals surface area contributed by atoms with Crippen molar-refractivity contribution in [2.45, 2.75) is 65.2 Å². The Labute approximate surface area is 124 Å². The van der Waals surface area contributed by atoms with Crippen LogP contribution in [0.3, 0.4) is 0 Å². The molecule has 0 aliphatic heterocycles. The molecule has 3 nitrogen and oxygen atoms in total. The molecule has 0 fully saturated rings. The normalized spacial score (nSPS) is 12.8. The highest BCUT2D eigenvalue weighted by molar-refractivity contribution is 7.39. The fourth-order valence-electron chi connectivity index (χ4n) is 2.04. The Bertz CT molecular complexity index is 453. The maximum Gasteiger partial charge on any atom is 0.391 e. The molecule has 2 N–H and O–H groups in total. The van der Waals surface area contributed by atoms with Crippen molar-refractivity contribution in [3.05, 3.63) is 29.3 Å². The Balaban J connectivity index is 3.36. The molecule has 0 heterocycles. The number of hydrogen-bond donors (Lipinski definition) is 2. The summed E-state index contributed by atoms with van der Waals surface area (Å²) >= 11 is 0. The van der Waals surface area contributed by atoms with Crippen LogP contribution in [0.5, 0.6) is 5.75 Å². The summed E-state index contributed by atoms with van der Waals surface area (Å²) in [6, 6.07) is 6.04. The SMILES string of the molecule is CCC(C)(C)c1ccc(OP(O)O)c(C(C)(C)CC)c1. The van der Waals surface area contributed by atoms with E-state index in [1.807, 2.05) is 12.1 Å². The van der Waals surface area contributed by atoms with Gasteiger partial charge in [-0.1, -0.05) is 53.7 Å². The molecule has 0 atom stereocenters. The molecule has 0 saturated heterocycles. The van der Waals surface area contributed by atoms with Gasteiger partial charge in [0.2, 0.25) is 0 Å². The molecule has 0 aromatic heterocycles. The van der Waals surface area contributed by atoms with Crippen LogP contribution in [0, 0.1) is 0 Å². The van der Waals surface area contributed by atoms with Gasteiger partial charge in [-0.25, -0.2) is 0 Å². The van der Waals surface area contributed by atoms with E-state index in [1.54, 1.807) is 0 Å². The van der Waals surface area contributed by atoms with Gasteiger partial charge in [0.05, 0.1) is 0 Å². The van der Waals surface area contributed by atoms with Crippen molar-refractivity contribution in [1.29, 1.82) is 0 Å². The van der Waals surface area contributed by atoms with Crippen molar-refractivity contribution in [3.8, 4) is 5.75 Å². The molecule has 4 heteroatoms. The number of hydrogen-bond acceptors (Lipinski definition) is 3. The second-order valence-corrected chi connectivity index (χ2v) is 7.22. The second kappa shape index (κ2) is 6.43. The molecule has 0 saturated carbocycles. The second-order valence-electron chi connectivity index (χ2n) is 6.53. The first-order valence-corrected chi connectivity index (χ1v) is 8.31. The average molecular weight is 298 g/mol. The average Bonchev–Trinajstić information content (AvgIpc) is 2.38. The summed E-state index contributed by atoms with van der Waals surface area (Å²) in [5.74, 6) is 0.573. The molecule has 1 aromatic carbocycles. The standard InChI is InChI=1S/C16H27O3P/c1-7-15(3,4)12-9-10-14(19-20(17)18)13(11-12)16(5,6)8-2/h9-11,17-18H,7-8H2,1-6H3. The molecule has 20 heavy (non-hydrogen) atoms. The van der Waals surface area contributed by atoms with Gasteiger partial charge in [0, 0.05) is 5.56 Å². The van der Waals surface area contributed by atoms with E-state index in [2.05, 4.69) is 47.6 Å². The first-order chi connectivity index (χ1) is 9.14. The van der Waals surface area contributed by atoms with Crippen LogP contribution in [0.25, 0.3) is 0 Å². The first kappa shape index (κ1) is 17.4. The summed E-state index contributed by atoms with van der Waals surface area (Å²) in [7, 11) is -2.39. The predicted molar refractivity (Wildman–Crippen MR) is 85.1 cm³/mol. The van der Waals surface area contributed by atoms with E-state index in [9.17, 15) is 0 Å². The quantitative estimate of drug-likeness (QED) is 0.751. The zero-order valence-corrected chi connectivity index (χ0v) is 14.3. The van der Waals surface area contributed by atoms with Crippen molar-refractivity contribution in [1.82, 2.24) is 0 Å². The molecule has 1 rings (SSSR count). The van der Waals surface area contributed by atoms with E-state index in [4.69, 9.17) is 14.3 Å². The molecular weight excluding hydrogens is 271 g/mol. The van der Waals surface area contributed by atoms with E-state index in [1.165, 1.54) is 5.56 Å². The molecule has 114 valence electrons. The molecule has 0 aliphatic carbocycles. The minimum absolute atomic E-state index is 0.0689. The summed E-state index contributed by atoms with van der Waals surface area (Å²) in [4.78, 5) is 18.3. The summed E-state index contributed by atoms with van der Waals surface area (Å²) in [5.41, 5.74) is 2.32. The topological polar surface area (TPSA) is 49.7 Å². The zero-order chi connectivity index (χ0) is 15.6. The highest BCUT2D eigenvalue weighted by Crippen LogP contribution is 2.41. The number of benzene rings is 1. The van der Waals surface area contributed by atoms with Crippen LogP contribution in [0.2, 0.25) is 0 Å². The lowest BCUT2D eigenvalue weighted by atomic mass is 9.76. The van der Waals surface area contributed by atoms with Gasteiger partial charge in [-0.05, 0) is 35.3 Å². The van der Waals surface area contributed by atoms with E-state index >= 15 is 0 Å². The lowest BCUT2D eigenvalue weighted by molar-refractivity contribution is 0.367. The van der Waals surface area contributed by atoms with Gasteiger partial charge in [0.1, 0.15) is 5.75 Å². The summed E-state index contributed by atoms with van der Waals surface area (Å²) in [6.45, 7) is 13.0. The molecule has 0 amide bonds. The van der Waals surface area contributed by atoms with Gasteiger partial charge in [0.25, 0.3) is 0 Å². The maximum atomic E-state index is 9.14. The largest absolute Gasteiger partial charge is 0.427 e. The molecule has 0 bridgehead atoms. The maximum absolute atomic E-state index is 9.14. The van der Waals surface area contributed by atoms with Crippen molar-refractivity contribution >= 4 is 8.60 Å². The van der Waals surface area contributed by atoms with Gasteiger partial charge >= 0.3 is 8.60 Å². The van der Waals surface area contributed by atoms with Crippen molar-refractivity contribution in [2.24, 2.45) is 0 Å². The van der Waals surface area contributed by atoms with Gasteiger partial charge in [-0.15, -0.1) is 0 Å². The fraction of sp³-hybridized carbons (Fsp3) is 0.625. The molecule has 0 spiro atoms. The monoisotopic (exact) mass is 298 g/mol. The van der Waals surface area contributed by atoms with Crippen LogP contribution < -0.4 is 4.52 Å². The van der Waals surface area contributed by atoms with E-state index in [0.29, 0.717) is 5.75 Å². The van der Waals surface area contributed by atoms with Crippen molar-refractivity contribution in [3.63, 3.8) is 0 Å². The third kappa shape index (κ3) is 3.94. The highest BCUT2D eigenvalue weighted by atomic mass is 31.2. The van der Waals surface area contributed by atoms with Gasteiger partial charge in [0.15, 0.2) is 0 Å². The van der Waals surface area contributed by atoms with Crippen molar-refractivity contribution < 1.29 is 14.3 Å². The smallest absolute Gasteiger partial charge is 0.391 e. The van der Waals surface area contributed by atoms with E-state index in [0.717, 1.165) is 18.4 Å². The van der Waals surface area contributed by atoms with Crippen LogP contribution in [0.4, 0.5) is 0 Å². The predicted octanol–water partition coefficient (Wildman–Crippen LogP) is 4.65. The summed E-state index contributed by atoms with van der Waals surface area (Å²) in [6.07, 6.45) is 2.00. The van der Waals surface area contributed by atoms with Gasteiger partial charge < -0.3 is 14.3 Å². The van der Waals surface area contributed by atoms with Crippen LogP contribution in [0.15, 0.2) is 18.2 Å². The van der Waals surface area contributed by atoms with E-state index < -0.39 is 8.60 Å². The summed E-state index contributed by atoms with van der Waals surface area (Å²) < 4.78 is 5.21. The molecule has 0 aliphatic rings. The Morgan fingerprint density at radius 2 is 1.55 bits per heavy atom. The number of rotatable bonds is 6. The minimum Gasteiger partial charge on any atom is -0.427 e. The van der Waals surface area contributed by atoms with Crippen LogP contribution in [0.1, 0.15) is 65.5 Å². The Morgan fingerprint density at radius 3 is 2.00 bits per heavy atom. The zero-order valence-electron chi connectivity index (χ0n) is 13.4. The van der Waals surface area contributed by atoms with E-state index in [-0.39, 0.29) is 10.8 Å². The van der Waals surface area contributed by atoms with Crippen LogP contribution >= 0.6 is 8.60 Å². The first-order valence-electron chi connectivity index (χ1n) is 7.15. The Hall–Kier alpha value is -0.630. The fourth-order valence-corrected chi connectivity index (χ4v) is 2.38. The molecule has 0 radical (unpaired) electrons. The van der Waals surface area contributed by atoms with Crippen molar-refractivity contribution in [2.75, 3.05) is 0 Å². The minimum atomic E-state index is -2.39. The van der Waals surface area contributed by atoms with Crippen LogP contribution in [-0.4, -0.2) is 9.79 Å². The van der Waals surface area contributed by atoms with Crippen LogP contribution in [-0.2, 0) is 10.8 Å². The molecular formula is C16H27O3P. The van der Waals surface area contributed by atoms with Gasteiger partial charge in [-0.2, -0.15) is 0 Å². The molecule has 1 aromatic rings. The third-order valence-corrected chi connectivity index (χ3v) is 4.80. The Morgan fingerprint density at radius 1 is 1.00 bits per heavy atom.